The summed E-state index contributed by atoms with van der Waals surface area (Å²) in [5.74, 6) is 1.21. The van der Waals surface area contributed by atoms with Crippen molar-refractivity contribution in [3.05, 3.63) is 60.0 Å². The van der Waals surface area contributed by atoms with E-state index in [0.717, 1.165) is 0 Å². The molecule has 1 aromatic heterocycles. The molecule has 0 saturated heterocycles. The Hall–Kier alpha value is -3.55. The Morgan fingerprint density at radius 3 is 2.89 bits per heavy atom. The summed E-state index contributed by atoms with van der Waals surface area (Å²) in [4.78, 5) is 12.1. The SMILES string of the molecule is O=C(NCCOc1ccc2c(c1)OCO2)c1cc(-c2ccccc2F)on1. The second-order valence-electron chi connectivity index (χ2n) is 5.68. The first kappa shape index (κ1) is 16.9. The Bertz CT molecular complexity index is 972. The fraction of sp³-hybridized carbons (Fsp3) is 0.158. The third kappa shape index (κ3) is 3.69. The summed E-state index contributed by atoms with van der Waals surface area (Å²) in [5.41, 5.74) is 0.312. The van der Waals surface area contributed by atoms with Crippen LogP contribution in [0.5, 0.6) is 17.2 Å². The van der Waals surface area contributed by atoms with Gasteiger partial charge in [-0.2, -0.15) is 0 Å². The van der Waals surface area contributed by atoms with E-state index in [4.69, 9.17) is 18.7 Å². The molecular weight excluding hydrogens is 355 g/mol. The molecule has 0 radical (unpaired) electrons. The van der Waals surface area contributed by atoms with Gasteiger partial charge in [-0.25, -0.2) is 4.39 Å². The van der Waals surface area contributed by atoms with Crippen LogP contribution in [0.3, 0.4) is 0 Å². The van der Waals surface area contributed by atoms with E-state index in [-0.39, 0.29) is 37.0 Å². The van der Waals surface area contributed by atoms with Crippen molar-refractivity contribution >= 4 is 5.91 Å². The van der Waals surface area contributed by atoms with Crippen molar-refractivity contribution in [2.45, 2.75) is 0 Å². The molecule has 0 aliphatic carbocycles. The number of halogens is 1. The molecule has 2 aromatic carbocycles. The van der Waals surface area contributed by atoms with Crippen molar-refractivity contribution in [3.63, 3.8) is 0 Å². The van der Waals surface area contributed by atoms with Crippen LogP contribution in [-0.4, -0.2) is 31.0 Å². The maximum atomic E-state index is 13.8. The minimum Gasteiger partial charge on any atom is -0.492 e. The number of benzene rings is 2. The molecule has 1 N–H and O–H groups in total. The van der Waals surface area contributed by atoms with Crippen molar-refractivity contribution in [1.82, 2.24) is 10.5 Å². The Morgan fingerprint density at radius 2 is 2.00 bits per heavy atom. The number of rotatable bonds is 6. The van der Waals surface area contributed by atoms with Gasteiger partial charge in [-0.1, -0.05) is 17.3 Å². The Labute approximate surface area is 153 Å². The second-order valence-corrected chi connectivity index (χ2v) is 5.68. The number of carbonyl (C=O) groups is 1. The Kier molecular flexibility index (Phi) is 4.61. The predicted octanol–water partition coefficient (Wildman–Crippen LogP) is 3.02. The van der Waals surface area contributed by atoms with Gasteiger partial charge in [-0.15, -0.1) is 0 Å². The fourth-order valence-corrected chi connectivity index (χ4v) is 2.56. The lowest BCUT2D eigenvalue weighted by Crippen LogP contribution is -2.28. The van der Waals surface area contributed by atoms with Crippen LogP contribution in [-0.2, 0) is 0 Å². The normalized spacial score (nSPS) is 12.0. The smallest absolute Gasteiger partial charge is 0.273 e. The molecule has 0 bridgehead atoms. The minimum atomic E-state index is -0.447. The topological polar surface area (TPSA) is 82.8 Å². The van der Waals surface area contributed by atoms with Crippen molar-refractivity contribution in [3.8, 4) is 28.6 Å². The summed E-state index contributed by atoms with van der Waals surface area (Å²) in [7, 11) is 0. The molecule has 2 heterocycles. The van der Waals surface area contributed by atoms with Crippen LogP contribution in [0.4, 0.5) is 4.39 Å². The Morgan fingerprint density at radius 1 is 1.15 bits per heavy atom. The maximum Gasteiger partial charge on any atom is 0.273 e. The van der Waals surface area contributed by atoms with Crippen LogP contribution in [0.25, 0.3) is 11.3 Å². The third-order valence-corrected chi connectivity index (χ3v) is 3.88. The van der Waals surface area contributed by atoms with Crippen LogP contribution >= 0.6 is 0 Å². The number of ether oxygens (including phenoxy) is 3. The number of fused-ring (bicyclic) bond motifs is 1. The molecule has 0 spiro atoms. The van der Waals surface area contributed by atoms with Crippen molar-refractivity contribution in [1.29, 1.82) is 0 Å². The van der Waals surface area contributed by atoms with Gasteiger partial charge in [0.2, 0.25) is 6.79 Å². The Balaban J connectivity index is 1.29. The molecule has 1 amide bonds. The number of hydrogen-bond donors (Lipinski definition) is 1. The van der Waals surface area contributed by atoms with E-state index < -0.39 is 11.7 Å². The van der Waals surface area contributed by atoms with Gasteiger partial charge in [0, 0.05) is 12.1 Å². The number of hydrogen-bond acceptors (Lipinski definition) is 6. The maximum absolute atomic E-state index is 13.8. The van der Waals surface area contributed by atoms with Gasteiger partial charge < -0.3 is 24.1 Å². The molecule has 3 aromatic rings. The lowest BCUT2D eigenvalue weighted by Gasteiger charge is -2.07. The molecule has 138 valence electrons. The van der Waals surface area contributed by atoms with Gasteiger partial charge in [0.25, 0.3) is 5.91 Å². The molecular formula is C19H15FN2O5. The molecule has 27 heavy (non-hydrogen) atoms. The van der Waals surface area contributed by atoms with Crippen LogP contribution in [0.1, 0.15) is 10.5 Å². The quantitative estimate of drug-likeness (QED) is 0.672. The molecule has 8 heteroatoms. The zero-order chi connectivity index (χ0) is 18.6. The fourth-order valence-electron chi connectivity index (χ4n) is 2.56. The highest BCUT2D eigenvalue weighted by Gasteiger charge is 2.16. The van der Waals surface area contributed by atoms with Crippen LogP contribution in [0.15, 0.2) is 53.1 Å². The van der Waals surface area contributed by atoms with E-state index in [1.54, 1.807) is 36.4 Å². The van der Waals surface area contributed by atoms with Gasteiger partial charge in [0.1, 0.15) is 18.2 Å². The average molecular weight is 370 g/mol. The van der Waals surface area contributed by atoms with E-state index >= 15 is 0 Å². The van der Waals surface area contributed by atoms with Gasteiger partial charge in [-0.3, -0.25) is 4.79 Å². The van der Waals surface area contributed by atoms with Crippen molar-refractivity contribution < 1.29 is 27.9 Å². The van der Waals surface area contributed by atoms with Gasteiger partial charge in [0.15, 0.2) is 23.0 Å². The molecule has 0 unspecified atom stereocenters. The summed E-state index contributed by atoms with van der Waals surface area (Å²) < 4.78 is 34.9. The highest BCUT2D eigenvalue weighted by Crippen LogP contribution is 2.35. The first-order valence-corrected chi connectivity index (χ1v) is 8.23. The van der Waals surface area contributed by atoms with E-state index in [0.29, 0.717) is 17.2 Å². The summed E-state index contributed by atoms with van der Waals surface area (Å²) >= 11 is 0. The molecule has 4 rings (SSSR count). The second kappa shape index (κ2) is 7.36. The summed E-state index contributed by atoms with van der Waals surface area (Å²) in [6.45, 7) is 0.708. The summed E-state index contributed by atoms with van der Waals surface area (Å²) in [6.07, 6.45) is 0. The zero-order valence-corrected chi connectivity index (χ0v) is 14.1. The average Bonchev–Trinajstić information content (AvgIpc) is 3.34. The van der Waals surface area contributed by atoms with Crippen LogP contribution < -0.4 is 19.5 Å². The van der Waals surface area contributed by atoms with Crippen molar-refractivity contribution in [2.75, 3.05) is 19.9 Å². The molecule has 1 aliphatic heterocycles. The zero-order valence-electron chi connectivity index (χ0n) is 14.1. The summed E-state index contributed by atoms with van der Waals surface area (Å²) in [6, 6.07) is 12.7. The van der Waals surface area contributed by atoms with Crippen molar-refractivity contribution in [2.24, 2.45) is 0 Å². The van der Waals surface area contributed by atoms with E-state index in [9.17, 15) is 9.18 Å². The number of carbonyl (C=O) groups excluding carboxylic acids is 1. The largest absolute Gasteiger partial charge is 0.492 e. The molecule has 0 saturated carbocycles. The number of aromatic nitrogens is 1. The predicted molar refractivity (Wildman–Crippen MR) is 92.3 cm³/mol. The van der Waals surface area contributed by atoms with Gasteiger partial charge in [0.05, 0.1) is 12.1 Å². The van der Waals surface area contributed by atoms with Crippen LogP contribution in [0.2, 0.25) is 0 Å². The number of nitrogens with zero attached hydrogens (tertiary/aromatic N) is 1. The van der Waals surface area contributed by atoms with E-state index in [2.05, 4.69) is 10.5 Å². The minimum absolute atomic E-state index is 0.0660. The first-order valence-electron chi connectivity index (χ1n) is 8.23. The van der Waals surface area contributed by atoms with Gasteiger partial charge in [-0.05, 0) is 24.3 Å². The number of amides is 1. The molecule has 1 aliphatic rings. The molecule has 0 atom stereocenters. The summed E-state index contributed by atoms with van der Waals surface area (Å²) in [5, 5.41) is 6.35. The monoisotopic (exact) mass is 370 g/mol. The lowest BCUT2D eigenvalue weighted by molar-refractivity contribution is 0.0938. The highest BCUT2D eigenvalue weighted by molar-refractivity contribution is 5.93. The first-order chi connectivity index (χ1) is 13.2. The highest BCUT2D eigenvalue weighted by atomic mass is 19.1. The molecule has 0 fully saturated rings. The van der Waals surface area contributed by atoms with E-state index in [1.165, 1.54) is 12.1 Å². The van der Waals surface area contributed by atoms with E-state index in [1.807, 2.05) is 0 Å². The van der Waals surface area contributed by atoms with Crippen LogP contribution in [0, 0.1) is 5.82 Å². The number of nitrogens with one attached hydrogen (secondary N) is 1. The lowest BCUT2D eigenvalue weighted by atomic mass is 10.1. The van der Waals surface area contributed by atoms with Gasteiger partial charge >= 0.3 is 0 Å². The standard InChI is InChI=1S/C19H15FN2O5/c20-14-4-2-1-3-13(14)17-10-15(22-27-17)19(23)21-7-8-24-12-5-6-16-18(9-12)26-11-25-16/h1-6,9-10H,7-8,11H2,(H,21,23). The third-order valence-electron chi connectivity index (χ3n) is 3.88. The molecule has 7 nitrogen and oxygen atoms in total.